The van der Waals surface area contributed by atoms with Gasteiger partial charge >= 0.3 is 5.97 Å². The van der Waals surface area contributed by atoms with Crippen molar-refractivity contribution in [3.63, 3.8) is 0 Å². The lowest BCUT2D eigenvalue weighted by molar-refractivity contribution is -0.125. The molecule has 0 aliphatic carbocycles. The van der Waals surface area contributed by atoms with E-state index < -0.39 is 18.0 Å². The largest absolute Gasteiger partial charge is 0.477 e. The molecule has 6 nitrogen and oxygen atoms in total. The van der Waals surface area contributed by atoms with E-state index in [1.807, 2.05) is 0 Å². The van der Waals surface area contributed by atoms with Crippen LogP contribution in [0.5, 0.6) is 0 Å². The highest BCUT2D eigenvalue weighted by Crippen LogP contribution is 2.15. The van der Waals surface area contributed by atoms with Crippen molar-refractivity contribution in [3.05, 3.63) is 21.9 Å². The number of carbonyl (C=O) groups excluding carboxylic acids is 1. The van der Waals surface area contributed by atoms with Gasteiger partial charge in [-0.25, -0.2) is 4.79 Å². The quantitative estimate of drug-likeness (QED) is 0.533. The van der Waals surface area contributed by atoms with Gasteiger partial charge in [0.05, 0.1) is 0 Å². The number of nitrogens with two attached hydrogens (primary N) is 1. The lowest BCUT2D eigenvalue weighted by atomic mass is 10.3. The molecule has 0 saturated carbocycles. The molecule has 1 aromatic rings. The van der Waals surface area contributed by atoms with Crippen molar-refractivity contribution >= 4 is 23.2 Å². The van der Waals surface area contributed by atoms with E-state index in [0.717, 1.165) is 16.2 Å². The maximum absolute atomic E-state index is 10.6. The summed E-state index contributed by atoms with van der Waals surface area (Å²) < 4.78 is 0. The molecule has 1 amide bonds. The van der Waals surface area contributed by atoms with Crippen molar-refractivity contribution in [3.8, 4) is 0 Å². The van der Waals surface area contributed by atoms with Gasteiger partial charge in [0.1, 0.15) is 11.0 Å². The number of carboxylic acid groups (broad SMARTS) is 1. The Morgan fingerprint density at radius 1 is 1.50 bits per heavy atom. The molecule has 1 aromatic heterocycles. The summed E-state index contributed by atoms with van der Waals surface area (Å²) in [7, 11) is 0. The number of rotatable bonds is 6. The molecule has 88 valence electrons. The Morgan fingerprint density at radius 2 is 2.19 bits per heavy atom. The first-order valence-corrected chi connectivity index (χ1v) is 5.32. The second kappa shape index (κ2) is 5.59. The van der Waals surface area contributed by atoms with Crippen LogP contribution < -0.4 is 11.1 Å². The van der Waals surface area contributed by atoms with E-state index in [1.165, 1.54) is 6.07 Å². The Morgan fingerprint density at radius 3 is 2.69 bits per heavy atom. The van der Waals surface area contributed by atoms with Crippen LogP contribution >= 0.6 is 11.3 Å². The minimum atomic E-state index is -1.22. The van der Waals surface area contributed by atoms with Crippen LogP contribution in [0, 0.1) is 0 Å². The Kier molecular flexibility index (Phi) is 4.41. The highest BCUT2D eigenvalue weighted by atomic mass is 32.1. The summed E-state index contributed by atoms with van der Waals surface area (Å²) in [4.78, 5) is 22.1. The van der Waals surface area contributed by atoms with Crippen LogP contribution in [-0.2, 0) is 11.3 Å². The third-order valence-electron chi connectivity index (χ3n) is 1.84. The fourth-order valence-corrected chi connectivity index (χ4v) is 1.84. The molecule has 0 aliphatic rings. The lowest BCUT2D eigenvalue weighted by Gasteiger charge is -2.06. The Labute approximate surface area is 95.7 Å². The number of carboxylic acids is 1. The van der Waals surface area contributed by atoms with Crippen LogP contribution in [0.15, 0.2) is 12.1 Å². The molecule has 1 heterocycles. The minimum Gasteiger partial charge on any atom is -0.477 e. The van der Waals surface area contributed by atoms with Crippen LogP contribution in [-0.4, -0.2) is 34.7 Å². The van der Waals surface area contributed by atoms with Gasteiger partial charge in [-0.1, -0.05) is 0 Å². The number of amides is 1. The molecule has 1 unspecified atom stereocenters. The van der Waals surface area contributed by atoms with Gasteiger partial charge in [0.2, 0.25) is 5.91 Å². The van der Waals surface area contributed by atoms with Crippen LogP contribution in [0.2, 0.25) is 0 Å². The first-order chi connectivity index (χ1) is 7.50. The molecule has 0 fully saturated rings. The molecule has 1 rings (SSSR count). The van der Waals surface area contributed by atoms with Crippen molar-refractivity contribution in [1.82, 2.24) is 5.32 Å². The van der Waals surface area contributed by atoms with Gasteiger partial charge in [-0.05, 0) is 12.1 Å². The van der Waals surface area contributed by atoms with Crippen LogP contribution in [0.4, 0.5) is 0 Å². The van der Waals surface area contributed by atoms with Crippen LogP contribution in [0.3, 0.4) is 0 Å². The Balaban J connectivity index is 2.37. The van der Waals surface area contributed by atoms with Crippen molar-refractivity contribution in [1.29, 1.82) is 0 Å². The topological polar surface area (TPSA) is 113 Å². The summed E-state index contributed by atoms with van der Waals surface area (Å²) in [5.41, 5.74) is 4.86. The van der Waals surface area contributed by atoms with E-state index in [2.05, 4.69) is 5.32 Å². The minimum absolute atomic E-state index is 0.0512. The number of carbonyl (C=O) groups is 2. The normalized spacial score (nSPS) is 12.3. The third-order valence-corrected chi connectivity index (χ3v) is 2.91. The summed E-state index contributed by atoms with van der Waals surface area (Å²) in [6.07, 6.45) is -1.22. The molecular weight excluding hydrogens is 232 g/mol. The van der Waals surface area contributed by atoms with Crippen molar-refractivity contribution in [2.75, 3.05) is 6.54 Å². The number of hydrogen-bond donors (Lipinski definition) is 4. The number of nitrogens with one attached hydrogen (secondary N) is 1. The average Bonchev–Trinajstić information content (AvgIpc) is 2.66. The molecule has 0 bridgehead atoms. The van der Waals surface area contributed by atoms with E-state index in [-0.39, 0.29) is 11.4 Å². The maximum Gasteiger partial charge on any atom is 0.345 e. The van der Waals surface area contributed by atoms with E-state index >= 15 is 0 Å². The fraction of sp³-hybridized carbons (Fsp3) is 0.333. The molecule has 0 saturated heterocycles. The smallest absolute Gasteiger partial charge is 0.345 e. The highest BCUT2D eigenvalue weighted by molar-refractivity contribution is 7.13. The summed E-state index contributed by atoms with van der Waals surface area (Å²) in [6.45, 7) is 0.442. The number of aromatic carboxylic acids is 1. The van der Waals surface area contributed by atoms with Gasteiger partial charge in [-0.3, -0.25) is 4.79 Å². The number of thiophene rings is 1. The summed E-state index contributed by atoms with van der Waals surface area (Å²) in [5.74, 6) is -1.75. The molecule has 16 heavy (non-hydrogen) atoms. The lowest BCUT2D eigenvalue weighted by Crippen LogP contribution is -2.37. The highest BCUT2D eigenvalue weighted by Gasteiger charge is 2.10. The Hall–Kier alpha value is -1.44. The van der Waals surface area contributed by atoms with Crippen molar-refractivity contribution in [2.24, 2.45) is 5.73 Å². The van der Waals surface area contributed by atoms with Gasteiger partial charge in [-0.2, -0.15) is 0 Å². The summed E-state index contributed by atoms with van der Waals surface area (Å²) >= 11 is 1.14. The van der Waals surface area contributed by atoms with Gasteiger partial charge in [0.15, 0.2) is 0 Å². The first kappa shape index (κ1) is 12.6. The summed E-state index contributed by atoms with van der Waals surface area (Å²) in [6, 6.07) is 3.19. The van der Waals surface area contributed by atoms with Crippen LogP contribution in [0.1, 0.15) is 14.5 Å². The molecule has 0 aliphatic heterocycles. The number of aliphatic hydroxyl groups excluding tert-OH is 1. The van der Waals surface area contributed by atoms with E-state index in [0.29, 0.717) is 6.54 Å². The molecular formula is C9H12N2O4S. The van der Waals surface area contributed by atoms with Gasteiger partial charge in [-0.15, -0.1) is 11.3 Å². The van der Waals surface area contributed by atoms with Gasteiger partial charge in [0.25, 0.3) is 0 Å². The first-order valence-electron chi connectivity index (χ1n) is 4.51. The molecule has 5 N–H and O–H groups in total. The third kappa shape index (κ3) is 3.61. The fourth-order valence-electron chi connectivity index (χ4n) is 1.02. The van der Waals surface area contributed by atoms with E-state index in [4.69, 9.17) is 15.9 Å². The SMILES string of the molecule is NC(=O)C(O)CNCc1ccc(C(=O)O)s1. The zero-order valence-corrected chi connectivity index (χ0v) is 9.16. The molecule has 0 radical (unpaired) electrons. The zero-order chi connectivity index (χ0) is 12.1. The second-order valence-corrected chi connectivity index (χ2v) is 4.29. The van der Waals surface area contributed by atoms with Gasteiger partial charge in [0, 0.05) is 18.0 Å². The van der Waals surface area contributed by atoms with E-state index in [1.54, 1.807) is 6.07 Å². The zero-order valence-electron chi connectivity index (χ0n) is 8.34. The van der Waals surface area contributed by atoms with Gasteiger partial charge < -0.3 is 21.3 Å². The average molecular weight is 244 g/mol. The molecule has 0 spiro atoms. The number of hydrogen-bond acceptors (Lipinski definition) is 5. The molecule has 0 aromatic carbocycles. The standard InChI is InChI=1S/C9H12N2O4S/c10-8(13)6(12)4-11-3-5-1-2-7(16-5)9(14)15/h1-2,6,11-12H,3-4H2,(H2,10,13)(H,14,15). The predicted octanol–water partition coefficient (Wildman–Crippen LogP) is -0.618. The maximum atomic E-state index is 10.6. The molecule has 7 heteroatoms. The van der Waals surface area contributed by atoms with Crippen molar-refractivity contribution < 1.29 is 19.8 Å². The Bertz CT molecular complexity index is 391. The number of primary amides is 1. The van der Waals surface area contributed by atoms with Crippen LogP contribution in [0.25, 0.3) is 0 Å². The van der Waals surface area contributed by atoms with E-state index in [9.17, 15) is 9.59 Å². The predicted molar refractivity (Wildman–Crippen MR) is 58.2 cm³/mol. The summed E-state index contributed by atoms with van der Waals surface area (Å²) in [5, 5.41) is 20.5. The second-order valence-electron chi connectivity index (χ2n) is 3.12. The number of aliphatic hydroxyl groups is 1. The monoisotopic (exact) mass is 244 g/mol. The van der Waals surface area contributed by atoms with Crippen molar-refractivity contribution in [2.45, 2.75) is 12.6 Å². The molecule has 1 atom stereocenters.